The summed E-state index contributed by atoms with van der Waals surface area (Å²) >= 11 is 0. The van der Waals surface area contributed by atoms with Crippen molar-refractivity contribution >= 4 is 44.7 Å². The zero-order chi connectivity index (χ0) is 42.7. The van der Waals surface area contributed by atoms with Crippen LogP contribution in [0.2, 0.25) is 0 Å². The lowest BCUT2D eigenvalue weighted by molar-refractivity contribution is 0.0931. The molecule has 2 atom stereocenters. The van der Waals surface area contributed by atoms with Gasteiger partial charge in [0.15, 0.2) is 0 Å². The van der Waals surface area contributed by atoms with Crippen LogP contribution in [0, 0.1) is 0 Å². The molecule has 6 heteroatoms. The van der Waals surface area contributed by atoms with Gasteiger partial charge < -0.3 is 22.1 Å². The average Bonchev–Trinajstić information content (AvgIpc) is 3.32. The third-order valence-electron chi connectivity index (χ3n) is 11.9. The van der Waals surface area contributed by atoms with Gasteiger partial charge in [-0.1, -0.05) is 177 Å². The van der Waals surface area contributed by atoms with E-state index in [-0.39, 0.29) is 31.3 Å². The number of anilines is 2. The molecule has 0 heterocycles. The largest absolute Gasteiger partial charge is 0.397 e. The number of nitrogens with two attached hydrogens (primary N) is 2. The van der Waals surface area contributed by atoms with E-state index in [1.807, 2.05) is 135 Å². The van der Waals surface area contributed by atoms with Gasteiger partial charge in [-0.05, 0) is 104 Å². The molecule has 0 aromatic heterocycles. The molecular formula is C57H50N4O2. The van der Waals surface area contributed by atoms with Crippen molar-refractivity contribution in [2.45, 2.75) is 33.4 Å². The number of amides is 2. The fourth-order valence-corrected chi connectivity index (χ4v) is 8.53. The molecule has 2 amide bonds. The quantitative estimate of drug-likeness (QED) is 0.103. The van der Waals surface area contributed by atoms with Gasteiger partial charge in [-0.15, -0.1) is 0 Å². The Morgan fingerprint density at radius 2 is 0.714 bits per heavy atom. The molecule has 1 unspecified atom stereocenters. The van der Waals surface area contributed by atoms with Crippen molar-refractivity contribution in [2.24, 2.45) is 0 Å². The molecule has 9 rings (SSSR count). The highest BCUT2D eigenvalue weighted by atomic mass is 16.2. The zero-order valence-electron chi connectivity index (χ0n) is 34.6. The highest BCUT2D eigenvalue weighted by Gasteiger charge is 2.20. The summed E-state index contributed by atoms with van der Waals surface area (Å²) in [6.45, 7) is 3.98. The Hall–Kier alpha value is -7.96. The van der Waals surface area contributed by atoms with E-state index in [1.54, 1.807) is 0 Å². The zero-order valence-corrected chi connectivity index (χ0v) is 34.6. The van der Waals surface area contributed by atoms with Crippen LogP contribution in [-0.4, -0.2) is 11.8 Å². The van der Waals surface area contributed by atoms with Crippen LogP contribution in [0.25, 0.3) is 66.1 Å². The number of hydrogen-bond donors (Lipinski definition) is 4. The molecule has 0 fully saturated rings. The number of nitrogen functional groups attached to an aromatic ring is 2. The Morgan fingerprint density at radius 3 is 1.06 bits per heavy atom. The number of fused-ring (bicyclic) bond motifs is 2. The summed E-state index contributed by atoms with van der Waals surface area (Å²) in [7, 11) is 0. The molecule has 310 valence electrons. The second-order valence-electron chi connectivity index (χ2n) is 15.8. The Morgan fingerprint density at radius 1 is 0.381 bits per heavy atom. The minimum atomic E-state index is -0.125. The van der Waals surface area contributed by atoms with E-state index in [4.69, 9.17) is 11.5 Å². The first kappa shape index (κ1) is 41.8. The molecule has 0 spiro atoms. The van der Waals surface area contributed by atoms with Gasteiger partial charge in [-0.25, -0.2) is 0 Å². The lowest BCUT2D eigenvalue weighted by Crippen LogP contribution is -2.26. The van der Waals surface area contributed by atoms with E-state index >= 15 is 0 Å². The van der Waals surface area contributed by atoms with Gasteiger partial charge >= 0.3 is 0 Å². The molecule has 0 bridgehead atoms. The van der Waals surface area contributed by atoms with E-state index in [2.05, 4.69) is 83.4 Å². The van der Waals surface area contributed by atoms with Crippen LogP contribution in [0.1, 0.15) is 65.2 Å². The second-order valence-corrected chi connectivity index (χ2v) is 15.8. The number of rotatable bonds is 10. The number of carbonyl (C=O) groups is 2. The van der Waals surface area contributed by atoms with E-state index in [9.17, 15) is 9.59 Å². The maximum absolute atomic E-state index is 13.2. The molecule has 0 saturated heterocycles. The van der Waals surface area contributed by atoms with Crippen molar-refractivity contribution in [3.05, 3.63) is 216 Å². The van der Waals surface area contributed by atoms with E-state index in [0.717, 1.165) is 77.2 Å². The summed E-state index contributed by atoms with van der Waals surface area (Å²) in [6, 6.07) is 64.3. The van der Waals surface area contributed by atoms with Crippen molar-refractivity contribution in [3.63, 3.8) is 0 Å². The number of nitrogens with one attached hydrogen (secondary N) is 2. The lowest BCUT2D eigenvalue weighted by Gasteiger charge is -2.19. The standard InChI is InChI=1S/C56H46N4O2.CH4/c1-35(37-13-5-3-6-14-37)59-55(61)43-29-25-39(26-30-43)45-21-9-17-41-19-11-23-47(51(41)45)49-33-34-50(54(58)53(49)57)48-24-12-20-42-18-10-22-46(52(42)48)40-27-31-44(32-28-40)56(62)60-36(2)38-15-7-4-8-16-38;/h3-36H,57-58H2,1-2H3,(H,59,61)(H,60,62);1H4/t35-,36?;/m1./s1. The second kappa shape index (κ2) is 17.9. The van der Waals surface area contributed by atoms with Gasteiger partial charge in [0.25, 0.3) is 11.8 Å². The van der Waals surface area contributed by atoms with E-state index in [1.165, 1.54) is 0 Å². The summed E-state index contributed by atoms with van der Waals surface area (Å²) < 4.78 is 0. The summed E-state index contributed by atoms with van der Waals surface area (Å²) in [5.74, 6) is -0.250. The Bertz CT molecular complexity index is 2870. The van der Waals surface area contributed by atoms with Crippen LogP contribution in [0.15, 0.2) is 194 Å². The van der Waals surface area contributed by atoms with Gasteiger partial charge in [-0.3, -0.25) is 9.59 Å². The molecule has 9 aromatic carbocycles. The minimum absolute atomic E-state index is 0. The molecule has 0 saturated carbocycles. The average molecular weight is 823 g/mol. The molecule has 0 aliphatic rings. The van der Waals surface area contributed by atoms with Crippen molar-refractivity contribution < 1.29 is 9.59 Å². The topological polar surface area (TPSA) is 110 Å². The van der Waals surface area contributed by atoms with Gasteiger partial charge in [0.05, 0.1) is 23.5 Å². The van der Waals surface area contributed by atoms with Crippen LogP contribution >= 0.6 is 0 Å². The molecule has 9 aromatic rings. The molecule has 6 nitrogen and oxygen atoms in total. The fraction of sp³-hybridized carbons (Fsp3) is 0.0877. The first-order chi connectivity index (χ1) is 30.2. The third kappa shape index (κ3) is 8.27. The summed E-state index contributed by atoms with van der Waals surface area (Å²) in [5.41, 5.74) is 26.1. The number of benzene rings is 9. The Kier molecular flexibility index (Phi) is 11.9. The highest BCUT2D eigenvalue weighted by molar-refractivity contribution is 6.12. The van der Waals surface area contributed by atoms with Crippen molar-refractivity contribution in [3.8, 4) is 44.5 Å². The molecule has 0 aliphatic heterocycles. The smallest absolute Gasteiger partial charge is 0.251 e. The van der Waals surface area contributed by atoms with E-state index in [0.29, 0.717) is 22.5 Å². The van der Waals surface area contributed by atoms with Gasteiger partial charge in [0.1, 0.15) is 0 Å². The number of hydrogen-bond acceptors (Lipinski definition) is 4. The molecule has 0 aliphatic carbocycles. The minimum Gasteiger partial charge on any atom is -0.397 e. The number of carbonyl (C=O) groups excluding carboxylic acids is 2. The van der Waals surface area contributed by atoms with Crippen LogP contribution in [0.3, 0.4) is 0 Å². The molecule has 63 heavy (non-hydrogen) atoms. The summed E-state index contributed by atoms with van der Waals surface area (Å²) in [4.78, 5) is 26.5. The molecular weight excluding hydrogens is 773 g/mol. The van der Waals surface area contributed by atoms with E-state index < -0.39 is 0 Å². The monoisotopic (exact) mass is 822 g/mol. The van der Waals surface area contributed by atoms with Crippen LogP contribution in [0.5, 0.6) is 0 Å². The van der Waals surface area contributed by atoms with Crippen molar-refractivity contribution in [1.82, 2.24) is 10.6 Å². The SMILES string of the molecule is C.CC(NC(=O)c1ccc(-c2cccc3cccc(-c4ccc(-c5cccc6cccc(-c7ccc(C(=O)N[C@H](C)c8ccccc8)cc7)c56)c(N)c4N)c23)cc1)c1ccccc1. The third-order valence-corrected chi connectivity index (χ3v) is 11.9. The predicted octanol–water partition coefficient (Wildman–Crippen LogP) is 13.4. The molecule has 0 radical (unpaired) electrons. The van der Waals surface area contributed by atoms with Crippen molar-refractivity contribution in [2.75, 3.05) is 11.5 Å². The first-order valence-corrected chi connectivity index (χ1v) is 20.9. The molecule has 6 N–H and O–H groups in total. The van der Waals surface area contributed by atoms with Crippen LogP contribution in [-0.2, 0) is 0 Å². The summed E-state index contributed by atoms with van der Waals surface area (Å²) in [5, 5.41) is 10.5. The van der Waals surface area contributed by atoms with Gasteiger partial charge in [-0.2, -0.15) is 0 Å². The van der Waals surface area contributed by atoms with Crippen LogP contribution < -0.4 is 22.1 Å². The summed E-state index contributed by atoms with van der Waals surface area (Å²) in [6.07, 6.45) is 0. The van der Waals surface area contributed by atoms with Crippen LogP contribution in [0.4, 0.5) is 11.4 Å². The Labute approximate surface area is 369 Å². The normalized spacial score (nSPS) is 12.0. The predicted molar refractivity (Wildman–Crippen MR) is 263 cm³/mol. The van der Waals surface area contributed by atoms with Gasteiger partial charge in [0.2, 0.25) is 0 Å². The lowest BCUT2D eigenvalue weighted by atomic mass is 9.87. The highest BCUT2D eigenvalue weighted by Crippen LogP contribution is 2.45. The van der Waals surface area contributed by atoms with Crippen molar-refractivity contribution in [1.29, 1.82) is 0 Å². The first-order valence-electron chi connectivity index (χ1n) is 20.9. The maximum atomic E-state index is 13.2. The maximum Gasteiger partial charge on any atom is 0.251 e. The Balaban J connectivity index is 0.00000544. The van der Waals surface area contributed by atoms with Gasteiger partial charge in [0, 0.05) is 22.3 Å². The fourth-order valence-electron chi connectivity index (χ4n) is 8.53.